The number of hydrogen-bond acceptors (Lipinski definition) is 4. The number of methoxy groups -OCH3 is 1. The second-order valence-electron chi connectivity index (χ2n) is 8.05. The number of piperidine rings is 1. The van der Waals surface area contributed by atoms with Crippen molar-refractivity contribution in [3.8, 4) is 5.75 Å². The highest BCUT2D eigenvalue weighted by atomic mass is 127. The Morgan fingerprint density at radius 3 is 2.53 bits per heavy atom. The molecule has 1 aliphatic heterocycles. The molecule has 2 rings (SSSR count). The predicted octanol–water partition coefficient (Wildman–Crippen LogP) is 2.35. The molecule has 1 aliphatic rings. The molecule has 0 radical (unpaired) electrons. The number of likely N-dealkylation sites (tertiary alicyclic amines) is 1. The van der Waals surface area contributed by atoms with Gasteiger partial charge in [0.05, 0.1) is 12.5 Å². The Kier molecular flexibility index (Phi) is 10.8. The summed E-state index contributed by atoms with van der Waals surface area (Å²) >= 11 is 0. The van der Waals surface area contributed by atoms with E-state index in [-0.39, 0.29) is 41.5 Å². The fourth-order valence-corrected chi connectivity index (χ4v) is 3.41. The van der Waals surface area contributed by atoms with Gasteiger partial charge in [-0.25, -0.2) is 4.39 Å². The van der Waals surface area contributed by atoms with E-state index in [1.54, 1.807) is 26.2 Å². The van der Waals surface area contributed by atoms with E-state index in [1.807, 2.05) is 19.9 Å². The van der Waals surface area contributed by atoms with E-state index in [9.17, 15) is 9.18 Å². The Morgan fingerprint density at radius 2 is 2.00 bits per heavy atom. The predicted molar refractivity (Wildman–Crippen MR) is 129 cm³/mol. The first-order valence-corrected chi connectivity index (χ1v) is 10.0. The third-order valence-electron chi connectivity index (χ3n) is 5.31. The van der Waals surface area contributed by atoms with Crippen LogP contribution in [0.2, 0.25) is 0 Å². The average molecular weight is 535 g/mol. The quantitative estimate of drug-likeness (QED) is 0.284. The molecule has 0 saturated carbocycles. The second kappa shape index (κ2) is 12.3. The third-order valence-corrected chi connectivity index (χ3v) is 5.31. The summed E-state index contributed by atoms with van der Waals surface area (Å²) in [5.74, 6) is 0.646. The molecule has 9 heteroatoms. The highest BCUT2D eigenvalue weighted by Crippen LogP contribution is 2.20. The summed E-state index contributed by atoms with van der Waals surface area (Å²) in [7, 11) is 4.85. The molecule has 0 bridgehead atoms. The zero-order valence-electron chi connectivity index (χ0n) is 18.5. The number of halogens is 2. The minimum Gasteiger partial charge on any atom is -0.494 e. The van der Waals surface area contributed by atoms with Gasteiger partial charge in [0, 0.05) is 46.3 Å². The Bertz CT molecular complexity index is 721. The number of guanidine groups is 1. The number of rotatable bonds is 7. The van der Waals surface area contributed by atoms with Gasteiger partial charge in [-0.05, 0) is 44.4 Å². The molecular weight excluding hydrogens is 500 g/mol. The van der Waals surface area contributed by atoms with Crippen molar-refractivity contribution in [2.24, 2.45) is 10.4 Å². The van der Waals surface area contributed by atoms with E-state index in [0.717, 1.165) is 38.0 Å². The number of hydrogen-bond donors (Lipinski definition) is 3. The minimum absolute atomic E-state index is 0. The zero-order valence-corrected chi connectivity index (χ0v) is 20.9. The van der Waals surface area contributed by atoms with Crippen molar-refractivity contribution in [2.75, 3.05) is 40.8 Å². The largest absolute Gasteiger partial charge is 0.494 e. The molecule has 30 heavy (non-hydrogen) atoms. The molecule has 0 aliphatic carbocycles. The maximum Gasteiger partial charge on any atom is 0.227 e. The molecule has 1 aromatic carbocycles. The van der Waals surface area contributed by atoms with Crippen LogP contribution in [0.25, 0.3) is 0 Å². The molecule has 0 spiro atoms. The highest BCUT2D eigenvalue weighted by molar-refractivity contribution is 14.0. The van der Waals surface area contributed by atoms with E-state index in [1.165, 1.54) is 7.11 Å². The van der Waals surface area contributed by atoms with Gasteiger partial charge in [0.1, 0.15) is 0 Å². The fourth-order valence-electron chi connectivity index (χ4n) is 3.41. The van der Waals surface area contributed by atoms with Crippen LogP contribution in [0.1, 0.15) is 32.3 Å². The first-order chi connectivity index (χ1) is 13.8. The molecule has 170 valence electrons. The lowest BCUT2D eigenvalue weighted by atomic mass is 9.92. The van der Waals surface area contributed by atoms with Crippen LogP contribution in [-0.2, 0) is 11.3 Å². The third kappa shape index (κ3) is 7.57. The van der Waals surface area contributed by atoms with E-state index in [0.29, 0.717) is 18.5 Å². The molecule has 3 N–H and O–H groups in total. The molecule has 0 atom stereocenters. The Balaban J connectivity index is 0.00000450. The van der Waals surface area contributed by atoms with Gasteiger partial charge in [0.15, 0.2) is 17.5 Å². The van der Waals surface area contributed by atoms with E-state index >= 15 is 0 Å². The van der Waals surface area contributed by atoms with Crippen molar-refractivity contribution in [1.82, 2.24) is 20.9 Å². The van der Waals surface area contributed by atoms with Crippen LogP contribution in [-0.4, -0.2) is 63.6 Å². The normalized spacial score (nSPS) is 15.9. The topological polar surface area (TPSA) is 78.0 Å². The highest BCUT2D eigenvalue weighted by Gasteiger charge is 2.27. The van der Waals surface area contributed by atoms with E-state index in [2.05, 4.69) is 25.8 Å². The lowest BCUT2D eigenvalue weighted by Gasteiger charge is -2.33. The Morgan fingerprint density at radius 1 is 1.33 bits per heavy atom. The molecule has 0 unspecified atom stereocenters. The maximum atomic E-state index is 13.9. The average Bonchev–Trinajstić information content (AvgIpc) is 2.71. The first kappa shape index (κ1) is 26.4. The summed E-state index contributed by atoms with van der Waals surface area (Å²) < 4.78 is 18.9. The molecule has 1 aromatic rings. The number of nitrogens with one attached hydrogen (secondary N) is 3. The van der Waals surface area contributed by atoms with E-state index < -0.39 is 5.41 Å². The van der Waals surface area contributed by atoms with Crippen LogP contribution < -0.4 is 20.7 Å². The van der Waals surface area contributed by atoms with Crippen molar-refractivity contribution in [3.05, 3.63) is 29.6 Å². The fraction of sp³-hybridized carbons (Fsp3) is 0.619. The van der Waals surface area contributed by atoms with Gasteiger partial charge < -0.3 is 20.7 Å². The Labute approximate surface area is 196 Å². The van der Waals surface area contributed by atoms with Gasteiger partial charge in [-0.1, -0.05) is 6.07 Å². The van der Waals surface area contributed by atoms with Crippen LogP contribution in [0.4, 0.5) is 4.39 Å². The molecule has 1 fully saturated rings. The van der Waals surface area contributed by atoms with Crippen LogP contribution in [0.15, 0.2) is 23.2 Å². The van der Waals surface area contributed by atoms with Gasteiger partial charge in [-0.15, -0.1) is 24.0 Å². The SMILES string of the molecule is CN=C(NCC(C)(C)C(=O)NC)NC1CCN(Cc2ccc(OC)c(F)c2)CC1.I. The van der Waals surface area contributed by atoms with Crippen LogP contribution in [0.5, 0.6) is 5.75 Å². The molecular formula is C21H35FIN5O2. The van der Waals surface area contributed by atoms with Gasteiger partial charge in [0.2, 0.25) is 5.91 Å². The van der Waals surface area contributed by atoms with Crippen molar-refractivity contribution < 1.29 is 13.9 Å². The Hall–Kier alpha value is -1.62. The smallest absolute Gasteiger partial charge is 0.227 e. The monoisotopic (exact) mass is 535 g/mol. The van der Waals surface area contributed by atoms with Crippen molar-refractivity contribution in [1.29, 1.82) is 0 Å². The summed E-state index contributed by atoms with van der Waals surface area (Å²) in [6.45, 7) is 6.85. The van der Waals surface area contributed by atoms with Crippen LogP contribution in [0.3, 0.4) is 0 Å². The number of carbonyl (C=O) groups is 1. The lowest BCUT2D eigenvalue weighted by Crippen LogP contribution is -2.51. The van der Waals surface area contributed by atoms with Gasteiger partial charge in [-0.2, -0.15) is 0 Å². The van der Waals surface area contributed by atoms with E-state index in [4.69, 9.17) is 4.74 Å². The molecule has 1 saturated heterocycles. The number of carbonyl (C=O) groups excluding carboxylic acids is 1. The number of aliphatic imine (C=N–C) groups is 1. The standard InChI is InChI=1S/C21H34FN5O2.HI/c1-21(2,19(28)23-3)14-25-20(24-4)26-16-8-10-27(11-9-16)13-15-6-7-18(29-5)17(22)12-15;/h6-7,12,16H,8-11,13-14H2,1-5H3,(H,23,28)(H2,24,25,26);1H. The number of amides is 1. The summed E-state index contributed by atoms with van der Waals surface area (Å²) in [5, 5.41) is 9.39. The molecule has 1 amide bonds. The minimum atomic E-state index is -0.524. The molecule has 7 nitrogen and oxygen atoms in total. The zero-order chi connectivity index (χ0) is 21.4. The first-order valence-electron chi connectivity index (χ1n) is 10.0. The second-order valence-corrected chi connectivity index (χ2v) is 8.05. The van der Waals surface area contributed by atoms with Crippen molar-refractivity contribution >= 4 is 35.8 Å². The maximum absolute atomic E-state index is 13.9. The van der Waals surface area contributed by atoms with Crippen molar-refractivity contribution in [3.63, 3.8) is 0 Å². The van der Waals surface area contributed by atoms with Gasteiger partial charge in [-0.3, -0.25) is 14.7 Å². The van der Waals surface area contributed by atoms with Crippen LogP contribution in [0, 0.1) is 11.2 Å². The summed E-state index contributed by atoms with van der Waals surface area (Å²) in [4.78, 5) is 18.5. The summed E-state index contributed by atoms with van der Waals surface area (Å²) in [5.41, 5.74) is 0.423. The van der Waals surface area contributed by atoms with Gasteiger partial charge in [0.25, 0.3) is 0 Å². The number of benzene rings is 1. The number of nitrogens with zero attached hydrogens (tertiary/aromatic N) is 2. The lowest BCUT2D eigenvalue weighted by molar-refractivity contribution is -0.128. The number of ether oxygens (including phenoxy) is 1. The van der Waals surface area contributed by atoms with Gasteiger partial charge >= 0.3 is 0 Å². The van der Waals surface area contributed by atoms with Crippen molar-refractivity contribution in [2.45, 2.75) is 39.3 Å². The summed E-state index contributed by atoms with van der Waals surface area (Å²) in [6, 6.07) is 5.44. The van der Waals surface area contributed by atoms with Crippen LogP contribution >= 0.6 is 24.0 Å². The molecule has 1 heterocycles. The summed E-state index contributed by atoms with van der Waals surface area (Å²) in [6.07, 6.45) is 1.94. The molecule has 0 aromatic heterocycles.